The van der Waals surface area contributed by atoms with Crippen LogP contribution in [0, 0.1) is 10.1 Å². The molecule has 0 N–H and O–H groups in total. The minimum absolute atomic E-state index is 0.107. The van der Waals surface area contributed by atoms with E-state index in [4.69, 9.17) is 25.8 Å². The fraction of sp³-hybridized carbons (Fsp3) is 0.391. The van der Waals surface area contributed by atoms with Gasteiger partial charge in [-0.3, -0.25) is 24.7 Å². The van der Waals surface area contributed by atoms with Crippen LogP contribution in [0.15, 0.2) is 30.3 Å². The lowest BCUT2D eigenvalue weighted by atomic mass is 10.1. The van der Waals surface area contributed by atoms with E-state index in [0.29, 0.717) is 41.9 Å². The highest BCUT2D eigenvalue weighted by atomic mass is 35.5. The van der Waals surface area contributed by atoms with Crippen LogP contribution in [0.25, 0.3) is 10.2 Å². The normalized spacial score (nSPS) is 14.1. The van der Waals surface area contributed by atoms with Crippen LogP contribution in [0.5, 0.6) is 11.5 Å². The molecular weight excluding hydrogens is 496 g/mol. The minimum Gasteiger partial charge on any atom is -0.493 e. The van der Waals surface area contributed by atoms with Crippen LogP contribution < -0.4 is 14.4 Å². The summed E-state index contributed by atoms with van der Waals surface area (Å²) in [5.41, 5.74) is 0.108. The molecule has 1 amide bonds. The number of hydrogen-bond acceptors (Lipinski definition) is 9. The summed E-state index contributed by atoms with van der Waals surface area (Å²) in [6.45, 7) is 4.08. The zero-order valence-electron chi connectivity index (χ0n) is 19.4. The summed E-state index contributed by atoms with van der Waals surface area (Å²) in [4.78, 5) is 33.4. The molecule has 10 nitrogen and oxygen atoms in total. The Balaban J connectivity index is 1.71. The van der Waals surface area contributed by atoms with Gasteiger partial charge in [0.2, 0.25) is 0 Å². The molecule has 0 spiro atoms. The molecule has 0 radical (unpaired) electrons. The number of nitro benzene ring substituents is 1. The van der Waals surface area contributed by atoms with Gasteiger partial charge in [0, 0.05) is 32.2 Å². The van der Waals surface area contributed by atoms with E-state index in [1.54, 1.807) is 6.07 Å². The Morgan fingerprint density at radius 2 is 1.97 bits per heavy atom. The van der Waals surface area contributed by atoms with Crippen molar-refractivity contribution < 1.29 is 23.9 Å². The predicted octanol–water partition coefficient (Wildman–Crippen LogP) is 4.24. The van der Waals surface area contributed by atoms with Crippen LogP contribution in [0.4, 0.5) is 10.8 Å². The van der Waals surface area contributed by atoms with Crippen LogP contribution in [-0.4, -0.2) is 74.3 Å². The molecule has 2 aromatic carbocycles. The van der Waals surface area contributed by atoms with E-state index >= 15 is 0 Å². The predicted molar refractivity (Wildman–Crippen MR) is 134 cm³/mol. The summed E-state index contributed by atoms with van der Waals surface area (Å²) in [7, 11) is 2.79. The number of methoxy groups -OCH3 is 2. The van der Waals surface area contributed by atoms with Gasteiger partial charge in [-0.15, -0.1) is 0 Å². The van der Waals surface area contributed by atoms with Crippen molar-refractivity contribution in [3.8, 4) is 11.5 Å². The van der Waals surface area contributed by atoms with Crippen molar-refractivity contribution in [3.05, 3.63) is 51.0 Å². The lowest BCUT2D eigenvalue weighted by molar-refractivity contribution is -0.385. The average Bonchev–Trinajstić information content (AvgIpc) is 3.31. The van der Waals surface area contributed by atoms with Gasteiger partial charge in [0.15, 0.2) is 16.6 Å². The highest BCUT2D eigenvalue weighted by molar-refractivity contribution is 7.22. The zero-order chi connectivity index (χ0) is 24.9. The fourth-order valence-corrected chi connectivity index (χ4v) is 5.21. The Hall–Kier alpha value is -2.99. The summed E-state index contributed by atoms with van der Waals surface area (Å²) < 4.78 is 16.7. The van der Waals surface area contributed by atoms with Gasteiger partial charge >= 0.3 is 0 Å². The van der Waals surface area contributed by atoms with E-state index in [1.165, 1.54) is 42.6 Å². The number of ether oxygens (including phenoxy) is 3. The number of nitrogens with zero attached hydrogens (tertiary/aromatic N) is 4. The number of carbonyl (C=O) groups is 1. The molecule has 12 heteroatoms. The molecule has 0 unspecified atom stereocenters. The third-order valence-corrected chi connectivity index (χ3v) is 7.07. The second-order valence-corrected chi connectivity index (χ2v) is 9.25. The summed E-state index contributed by atoms with van der Waals surface area (Å²) in [6, 6.07) is 7.97. The molecule has 2 heterocycles. The Labute approximate surface area is 211 Å². The lowest BCUT2D eigenvalue weighted by Crippen LogP contribution is -2.39. The molecule has 0 saturated carbocycles. The van der Waals surface area contributed by atoms with Crippen LogP contribution in [-0.2, 0) is 4.74 Å². The molecule has 35 heavy (non-hydrogen) atoms. The number of rotatable bonds is 9. The number of anilines is 1. The molecule has 1 aliphatic heterocycles. The standard InChI is InChI=1S/C23H25ClN4O6S/c1-32-18-13-15(17(28(30)31)14-19(18)33-2)22(29)27(8-4-7-26-9-11-34-12-10-26)23-25-21-16(24)5-3-6-20(21)35-23/h3,5-6,13-14H,4,7-12H2,1-2H3. The molecule has 0 atom stereocenters. The maximum Gasteiger partial charge on any atom is 0.286 e. The quantitative estimate of drug-likeness (QED) is 0.304. The summed E-state index contributed by atoms with van der Waals surface area (Å²) in [5, 5.41) is 12.7. The zero-order valence-corrected chi connectivity index (χ0v) is 20.9. The SMILES string of the molecule is COc1cc(C(=O)N(CCCN2CCOCC2)c2nc3c(Cl)cccc3s2)c([N+](=O)[O-])cc1OC. The smallest absolute Gasteiger partial charge is 0.286 e. The van der Waals surface area contributed by atoms with Crippen LogP contribution in [0.2, 0.25) is 5.02 Å². The van der Waals surface area contributed by atoms with E-state index in [-0.39, 0.29) is 22.7 Å². The van der Waals surface area contributed by atoms with Gasteiger partial charge in [0.1, 0.15) is 11.1 Å². The monoisotopic (exact) mass is 520 g/mol. The van der Waals surface area contributed by atoms with E-state index in [9.17, 15) is 14.9 Å². The molecule has 0 bridgehead atoms. The van der Waals surface area contributed by atoms with Crippen molar-refractivity contribution in [1.82, 2.24) is 9.88 Å². The first kappa shape index (κ1) is 25.1. The maximum absolute atomic E-state index is 13.8. The molecule has 3 aromatic rings. The number of halogens is 1. The summed E-state index contributed by atoms with van der Waals surface area (Å²) in [5.74, 6) is -0.154. The molecule has 1 aliphatic rings. The van der Waals surface area contributed by atoms with E-state index in [0.717, 1.165) is 24.3 Å². The van der Waals surface area contributed by atoms with Crippen LogP contribution in [0.1, 0.15) is 16.8 Å². The number of morpholine rings is 1. The van der Waals surface area contributed by atoms with Crippen molar-refractivity contribution in [3.63, 3.8) is 0 Å². The molecule has 1 fully saturated rings. The number of amides is 1. The molecule has 1 aromatic heterocycles. The summed E-state index contributed by atoms with van der Waals surface area (Å²) in [6.07, 6.45) is 0.649. The third kappa shape index (κ3) is 5.48. The summed E-state index contributed by atoms with van der Waals surface area (Å²) >= 11 is 7.63. The van der Waals surface area contributed by atoms with Crippen LogP contribution in [0.3, 0.4) is 0 Å². The number of aromatic nitrogens is 1. The highest BCUT2D eigenvalue weighted by Gasteiger charge is 2.30. The molecule has 0 aliphatic carbocycles. The molecule has 186 valence electrons. The number of para-hydroxylation sites is 1. The van der Waals surface area contributed by atoms with Gasteiger partial charge in [-0.25, -0.2) is 4.98 Å². The Kier molecular flexibility index (Phi) is 8.01. The molecular formula is C23H25ClN4O6S. The van der Waals surface area contributed by atoms with Gasteiger partial charge < -0.3 is 14.2 Å². The first-order chi connectivity index (χ1) is 16.9. The topological polar surface area (TPSA) is 107 Å². The Morgan fingerprint density at radius 3 is 2.63 bits per heavy atom. The van der Waals surface area contributed by atoms with Gasteiger partial charge in [-0.05, 0) is 18.6 Å². The first-order valence-corrected chi connectivity index (χ1v) is 12.2. The van der Waals surface area contributed by atoms with Crippen molar-refractivity contribution in [1.29, 1.82) is 0 Å². The van der Waals surface area contributed by atoms with E-state index in [2.05, 4.69) is 9.88 Å². The molecule has 1 saturated heterocycles. The number of thiazole rings is 1. The number of benzene rings is 2. The van der Waals surface area contributed by atoms with Crippen molar-refractivity contribution in [2.75, 3.05) is 58.5 Å². The minimum atomic E-state index is -0.601. The number of hydrogen-bond donors (Lipinski definition) is 0. The van der Waals surface area contributed by atoms with Gasteiger partial charge in [0.05, 0.1) is 48.1 Å². The number of nitro groups is 1. The third-order valence-electron chi connectivity index (χ3n) is 5.72. The van der Waals surface area contributed by atoms with Gasteiger partial charge in [-0.1, -0.05) is 29.0 Å². The maximum atomic E-state index is 13.8. The average molecular weight is 521 g/mol. The Bertz CT molecular complexity index is 1230. The second kappa shape index (κ2) is 11.2. The van der Waals surface area contributed by atoms with E-state index < -0.39 is 10.8 Å². The first-order valence-electron chi connectivity index (χ1n) is 11.0. The number of fused-ring (bicyclic) bond motifs is 1. The van der Waals surface area contributed by atoms with Crippen LogP contribution >= 0.6 is 22.9 Å². The van der Waals surface area contributed by atoms with Crippen molar-refractivity contribution in [2.24, 2.45) is 0 Å². The Morgan fingerprint density at radius 1 is 1.26 bits per heavy atom. The fourth-order valence-electron chi connectivity index (χ4n) is 3.92. The number of carbonyl (C=O) groups excluding carboxylic acids is 1. The van der Waals surface area contributed by atoms with E-state index in [1.807, 2.05) is 12.1 Å². The lowest BCUT2D eigenvalue weighted by Gasteiger charge is -2.27. The van der Waals surface area contributed by atoms with Gasteiger partial charge in [-0.2, -0.15) is 0 Å². The van der Waals surface area contributed by atoms with Crippen molar-refractivity contribution >= 4 is 49.9 Å². The highest BCUT2D eigenvalue weighted by Crippen LogP contribution is 2.38. The second-order valence-electron chi connectivity index (χ2n) is 7.83. The van der Waals surface area contributed by atoms with Crippen molar-refractivity contribution in [2.45, 2.75) is 6.42 Å². The van der Waals surface area contributed by atoms with Gasteiger partial charge in [0.25, 0.3) is 11.6 Å². The largest absolute Gasteiger partial charge is 0.493 e. The molecule has 4 rings (SSSR count).